The van der Waals surface area contributed by atoms with Crippen molar-refractivity contribution >= 4 is 27.7 Å². The average Bonchev–Trinajstić information content (AvgIpc) is 2.31. The van der Waals surface area contributed by atoms with Crippen molar-refractivity contribution in [1.82, 2.24) is 4.98 Å². The molecule has 0 aromatic carbocycles. The average molecular weight is 283 g/mol. The third-order valence-electron chi connectivity index (χ3n) is 3.22. The lowest BCUT2D eigenvalue weighted by atomic mass is 9.80. The fourth-order valence-corrected chi connectivity index (χ4v) is 2.77. The summed E-state index contributed by atoms with van der Waals surface area (Å²) in [5.41, 5.74) is 1.13. The van der Waals surface area contributed by atoms with E-state index in [-0.39, 0.29) is 17.7 Å². The summed E-state index contributed by atoms with van der Waals surface area (Å²) in [4.78, 5) is 16.1. The molecule has 2 aliphatic heterocycles. The summed E-state index contributed by atoms with van der Waals surface area (Å²) in [5, 5.41) is 2.84. The molecule has 1 fully saturated rings. The van der Waals surface area contributed by atoms with Gasteiger partial charge in [-0.15, -0.1) is 0 Å². The number of hydrogen-bond donors (Lipinski definition) is 1. The fourth-order valence-electron chi connectivity index (χ4n) is 2.42. The molecular formula is C11H11BrN2O2. The van der Waals surface area contributed by atoms with Crippen LogP contribution in [0, 0.1) is 5.92 Å². The third-order valence-corrected chi connectivity index (χ3v) is 3.65. The Labute approximate surface area is 102 Å². The van der Waals surface area contributed by atoms with Gasteiger partial charge in [0.1, 0.15) is 5.82 Å². The molecule has 0 saturated carbocycles. The van der Waals surface area contributed by atoms with Crippen LogP contribution < -0.4 is 5.32 Å². The van der Waals surface area contributed by atoms with Gasteiger partial charge in [-0.2, -0.15) is 0 Å². The van der Waals surface area contributed by atoms with E-state index in [1.807, 2.05) is 6.07 Å². The van der Waals surface area contributed by atoms with Gasteiger partial charge in [0.2, 0.25) is 5.91 Å². The Hall–Kier alpha value is -0.940. The minimum absolute atomic E-state index is 0.0343. The SMILES string of the molecule is O=C1Nc2ncc(Br)cc2[C@@H]2CCOCC12. The lowest BCUT2D eigenvalue weighted by Gasteiger charge is -2.35. The smallest absolute Gasteiger partial charge is 0.231 e. The Bertz CT molecular complexity index is 450. The quantitative estimate of drug-likeness (QED) is 0.791. The zero-order valence-corrected chi connectivity index (χ0v) is 10.2. The number of halogens is 1. The molecule has 2 atom stereocenters. The fraction of sp³-hybridized carbons (Fsp3) is 0.455. The number of fused-ring (bicyclic) bond motifs is 3. The second-order valence-electron chi connectivity index (χ2n) is 4.16. The van der Waals surface area contributed by atoms with E-state index in [1.54, 1.807) is 6.20 Å². The van der Waals surface area contributed by atoms with Crippen LogP contribution in [0.4, 0.5) is 5.82 Å². The molecule has 1 N–H and O–H groups in total. The van der Waals surface area contributed by atoms with Gasteiger partial charge in [0.15, 0.2) is 0 Å². The summed E-state index contributed by atoms with van der Waals surface area (Å²) in [6.45, 7) is 1.24. The monoisotopic (exact) mass is 282 g/mol. The zero-order chi connectivity index (χ0) is 11.1. The number of rotatable bonds is 0. The summed E-state index contributed by atoms with van der Waals surface area (Å²) in [6.07, 6.45) is 2.60. The highest BCUT2D eigenvalue weighted by atomic mass is 79.9. The van der Waals surface area contributed by atoms with Gasteiger partial charge in [0, 0.05) is 28.8 Å². The third kappa shape index (κ3) is 1.55. The van der Waals surface area contributed by atoms with E-state index < -0.39 is 0 Å². The highest BCUT2D eigenvalue weighted by Crippen LogP contribution is 2.40. The van der Waals surface area contributed by atoms with Crippen LogP contribution in [0.25, 0.3) is 0 Å². The van der Waals surface area contributed by atoms with Crippen LogP contribution in [0.15, 0.2) is 16.7 Å². The molecule has 0 bridgehead atoms. The summed E-state index contributed by atoms with van der Waals surface area (Å²) in [5.74, 6) is 0.934. The van der Waals surface area contributed by atoms with Gasteiger partial charge in [-0.3, -0.25) is 4.79 Å². The molecular weight excluding hydrogens is 272 g/mol. The first-order chi connectivity index (χ1) is 7.75. The van der Waals surface area contributed by atoms with Crippen molar-refractivity contribution in [2.24, 2.45) is 5.92 Å². The molecule has 2 aliphatic rings. The van der Waals surface area contributed by atoms with Gasteiger partial charge in [0.05, 0.1) is 12.5 Å². The number of carbonyl (C=O) groups excluding carboxylic acids is 1. The Morgan fingerprint density at radius 1 is 1.50 bits per heavy atom. The first kappa shape index (κ1) is 10.2. The molecule has 0 radical (unpaired) electrons. The van der Waals surface area contributed by atoms with Crippen molar-refractivity contribution in [3.63, 3.8) is 0 Å². The number of amides is 1. The zero-order valence-electron chi connectivity index (χ0n) is 8.57. The van der Waals surface area contributed by atoms with Crippen LogP contribution >= 0.6 is 15.9 Å². The van der Waals surface area contributed by atoms with Gasteiger partial charge >= 0.3 is 0 Å². The first-order valence-corrected chi connectivity index (χ1v) is 6.09. The van der Waals surface area contributed by atoms with Crippen LogP contribution in [0.2, 0.25) is 0 Å². The summed E-state index contributed by atoms with van der Waals surface area (Å²) in [7, 11) is 0. The van der Waals surface area contributed by atoms with Crippen molar-refractivity contribution in [3.8, 4) is 0 Å². The van der Waals surface area contributed by atoms with Crippen LogP contribution in [0.1, 0.15) is 17.9 Å². The molecule has 1 aromatic heterocycles. The van der Waals surface area contributed by atoms with Gasteiger partial charge in [-0.05, 0) is 28.4 Å². The number of hydrogen-bond acceptors (Lipinski definition) is 3. The molecule has 0 aliphatic carbocycles. The van der Waals surface area contributed by atoms with Gasteiger partial charge in [-0.1, -0.05) is 0 Å². The number of anilines is 1. The molecule has 16 heavy (non-hydrogen) atoms. The molecule has 5 heteroatoms. The number of nitrogens with one attached hydrogen (secondary N) is 1. The first-order valence-electron chi connectivity index (χ1n) is 5.30. The van der Waals surface area contributed by atoms with E-state index in [0.717, 1.165) is 23.1 Å². The molecule has 0 spiro atoms. The van der Waals surface area contributed by atoms with Gasteiger partial charge in [0.25, 0.3) is 0 Å². The van der Waals surface area contributed by atoms with Gasteiger partial charge in [-0.25, -0.2) is 4.98 Å². The highest BCUT2D eigenvalue weighted by Gasteiger charge is 2.38. The number of nitrogens with zero attached hydrogens (tertiary/aromatic N) is 1. The predicted molar refractivity (Wildman–Crippen MR) is 62.2 cm³/mol. The molecule has 4 nitrogen and oxygen atoms in total. The lowest BCUT2D eigenvalue weighted by Crippen LogP contribution is -2.40. The number of ether oxygens (including phenoxy) is 1. The summed E-state index contributed by atoms with van der Waals surface area (Å²) in [6, 6.07) is 2.05. The molecule has 3 heterocycles. The summed E-state index contributed by atoms with van der Waals surface area (Å²) < 4.78 is 6.31. The summed E-state index contributed by atoms with van der Waals surface area (Å²) >= 11 is 3.42. The second-order valence-corrected chi connectivity index (χ2v) is 5.07. The molecule has 3 rings (SSSR count). The Kier molecular flexibility index (Phi) is 2.44. The van der Waals surface area contributed by atoms with Gasteiger partial charge < -0.3 is 10.1 Å². The number of aromatic nitrogens is 1. The van der Waals surface area contributed by atoms with Crippen LogP contribution in [0.3, 0.4) is 0 Å². The normalized spacial score (nSPS) is 27.9. The second kappa shape index (κ2) is 3.82. The van der Waals surface area contributed by atoms with Crippen LogP contribution in [0.5, 0.6) is 0 Å². The van der Waals surface area contributed by atoms with E-state index >= 15 is 0 Å². The van der Waals surface area contributed by atoms with E-state index in [9.17, 15) is 4.79 Å². The Morgan fingerprint density at radius 2 is 2.38 bits per heavy atom. The number of pyridine rings is 1. The van der Waals surface area contributed by atoms with Crippen molar-refractivity contribution < 1.29 is 9.53 Å². The minimum atomic E-state index is -0.0580. The van der Waals surface area contributed by atoms with Crippen molar-refractivity contribution in [2.45, 2.75) is 12.3 Å². The maximum atomic E-state index is 11.8. The standard InChI is InChI=1S/C11H11BrN2O2/c12-6-3-8-7-1-2-16-5-9(7)11(15)14-10(8)13-4-6/h3-4,7,9H,1-2,5H2,(H,13,14,15)/t7-,9?/m0/s1. The maximum Gasteiger partial charge on any atom is 0.231 e. The van der Waals surface area contributed by atoms with E-state index in [4.69, 9.17) is 4.74 Å². The van der Waals surface area contributed by atoms with E-state index in [0.29, 0.717) is 12.4 Å². The molecule has 1 unspecified atom stereocenters. The largest absolute Gasteiger partial charge is 0.381 e. The number of carbonyl (C=O) groups is 1. The minimum Gasteiger partial charge on any atom is -0.381 e. The van der Waals surface area contributed by atoms with Crippen molar-refractivity contribution in [3.05, 3.63) is 22.3 Å². The van der Waals surface area contributed by atoms with Crippen LogP contribution in [-0.2, 0) is 9.53 Å². The van der Waals surface area contributed by atoms with Crippen LogP contribution in [-0.4, -0.2) is 24.1 Å². The van der Waals surface area contributed by atoms with E-state index in [2.05, 4.69) is 26.2 Å². The topological polar surface area (TPSA) is 51.2 Å². The lowest BCUT2D eigenvalue weighted by molar-refractivity contribution is -0.125. The predicted octanol–water partition coefficient (Wildman–Crippen LogP) is 1.92. The molecule has 1 amide bonds. The maximum absolute atomic E-state index is 11.8. The van der Waals surface area contributed by atoms with Crippen molar-refractivity contribution in [2.75, 3.05) is 18.5 Å². The molecule has 84 valence electrons. The Balaban J connectivity index is 2.07. The molecule has 1 saturated heterocycles. The van der Waals surface area contributed by atoms with Crippen molar-refractivity contribution in [1.29, 1.82) is 0 Å². The highest BCUT2D eigenvalue weighted by molar-refractivity contribution is 9.10. The molecule has 1 aromatic rings. The Morgan fingerprint density at radius 3 is 3.25 bits per heavy atom. The van der Waals surface area contributed by atoms with E-state index in [1.165, 1.54) is 0 Å².